The zero-order valence-corrected chi connectivity index (χ0v) is 13.2. The second kappa shape index (κ2) is 7.66. The number of rotatable bonds is 5. The van der Waals surface area contributed by atoms with Gasteiger partial charge < -0.3 is 9.47 Å². The molecule has 0 bridgehead atoms. The molecule has 0 aromatic heterocycles. The zero-order valence-electron chi connectivity index (χ0n) is 12.4. The summed E-state index contributed by atoms with van der Waals surface area (Å²) < 4.78 is 10.2. The van der Waals surface area contributed by atoms with Crippen LogP contribution in [0, 0.1) is 6.92 Å². The molecule has 0 saturated carbocycles. The van der Waals surface area contributed by atoms with Crippen molar-refractivity contribution in [3.8, 4) is 11.5 Å². The Morgan fingerprint density at radius 3 is 2.55 bits per heavy atom. The van der Waals surface area contributed by atoms with E-state index in [1.54, 1.807) is 37.3 Å². The Hall–Kier alpha value is -2.27. The van der Waals surface area contributed by atoms with Gasteiger partial charge in [-0.05, 0) is 37.3 Å². The molecular weight excluding hydrogens is 300 g/mol. The number of methoxy groups -OCH3 is 1. The van der Waals surface area contributed by atoms with E-state index in [9.17, 15) is 9.59 Å². The third-order valence-electron chi connectivity index (χ3n) is 2.90. The minimum absolute atomic E-state index is 0.172. The lowest BCUT2D eigenvalue weighted by atomic mass is 10.3. The van der Waals surface area contributed by atoms with E-state index in [1.165, 1.54) is 18.9 Å². The molecule has 22 heavy (non-hydrogen) atoms. The zero-order chi connectivity index (χ0) is 15.9. The van der Waals surface area contributed by atoms with E-state index in [-0.39, 0.29) is 22.9 Å². The first-order chi connectivity index (χ1) is 10.6. The minimum Gasteiger partial charge on any atom is -0.468 e. The van der Waals surface area contributed by atoms with Crippen LogP contribution in [0.15, 0.2) is 58.2 Å². The molecule has 0 aliphatic rings. The highest BCUT2D eigenvalue weighted by Crippen LogP contribution is 2.22. The summed E-state index contributed by atoms with van der Waals surface area (Å²) in [5, 5.41) is 0. The van der Waals surface area contributed by atoms with Crippen molar-refractivity contribution in [3.63, 3.8) is 0 Å². The summed E-state index contributed by atoms with van der Waals surface area (Å²) in [6, 6.07) is 14.3. The number of para-hydroxylation sites is 1. The molecule has 0 saturated heterocycles. The van der Waals surface area contributed by atoms with Gasteiger partial charge in [-0.3, -0.25) is 9.59 Å². The van der Waals surface area contributed by atoms with Crippen LogP contribution < -0.4 is 10.2 Å². The molecule has 0 N–H and O–H groups in total. The van der Waals surface area contributed by atoms with Gasteiger partial charge in [0.1, 0.15) is 5.75 Å². The van der Waals surface area contributed by atoms with Gasteiger partial charge in [0.2, 0.25) is 5.43 Å². The first-order valence-electron chi connectivity index (χ1n) is 6.67. The Morgan fingerprint density at radius 1 is 1.14 bits per heavy atom. The van der Waals surface area contributed by atoms with Crippen LogP contribution in [-0.2, 0) is 9.53 Å². The summed E-state index contributed by atoms with van der Waals surface area (Å²) in [5.74, 6) is 0.753. The SMILES string of the molecule is COC(=O)CSc1ccc(Oc2ccccc2)c(=O)c(C)c1. The number of aryl methyl sites for hydroxylation is 1. The lowest BCUT2D eigenvalue weighted by Crippen LogP contribution is -2.04. The Bertz CT molecular complexity index is 714. The normalized spacial score (nSPS) is 10.1. The lowest BCUT2D eigenvalue weighted by molar-refractivity contribution is -0.137. The Kier molecular flexibility index (Phi) is 5.61. The first-order valence-corrected chi connectivity index (χ1v) is 7.66. The number of thioether (sulfide) groups is 1. The van der Waals surface area contributed by atoms with Gasteiger partial charge in [-0.15, -0.1) is 11.8 Å². The van der Waals surface area contributed by atoms with Crippen LogP contribution in [0.5, 0.6) is 11.5 Å². The topological polar surface area (TPSA) is 52.6 Å². The van der Waals surface area contributed by atoms with Gasteiger partial charge >= 0.3 is 5.97 Å². The van der Waals surface area contributed by atoms with E-state index in [2.05, 4.69) is 4.74 Å². The molecule has 0 spiro atoms. The van der Waals surface area contributed by atoms with E-state index < -0.39 is 0 Å². The van der Waals surface area contributed by atoms with Gasteiger partial charge in [-0.1, -0.05) is 18.2 Å². The molecule has 0 unspecified atom stereocenters. The quantitative estimate of drug-likeness (QED) is 0.625. The smallest absolute Gasteiger partial charge is 0.315 e. The van der Waals surface area contributed by atoms with Gasteiger partial charge in [0.25, 0.3) is 0 Å². The average Bonchev–Trinajstić information content (AvgIpc) is 2.67. The van der Waals surface area contributed by atoms with Gasteiger partial charge in [-0.2, -0.15) is 0 Å². The molecule has 2 aromatic carbocycles. The first kappa shape index (κ1) is 16.1. The van der Waals surface area contributed by atoms with Crippen molar-refractivity contribution < 1.29 is 14.3 Å². The summed E-state index contributed by atoms with van der Waals surface area (Å²) in [5.41, 5.74) is 0.386. The molecule has 2 aromatic rings. The number of carbonyl (C=O) groups is 1. The summed E-state index contributed by atoms with van der Waals surface area (Å²) in [4.78, 5) is 24.3. The van der Waals surface area contributed by atoms with Crippen molar-refractivity contribution in [2.24, 2.45) is 0 Å². The third-order valence-corrected chi connectivity index (χ3v) is 3.86. The van der Waals surface area contributed by atoms with Crippen LogP contribution in [-0.4, -0.2) is 18.8 Å². The molecule has 0 amide bonds. The largest absolute Gasteiger partial charge is 0.468 e. The summed E-state index contributed by atoms with van der Waals surface area (Å²) >= 11 is 1.32. The van der Waals surface area contributed by atoms with Gasteiger partial charge in [0.05, 0.1) is 12.9 Å². The predicted molar refractivity (Wildman–Crippen MR) is 86.7 cm³/mol. The molecule has 0 aliphatic carbocycles. The minimum atomic E-state index is -0.308. The number of hydrogen-bond acceptors (Lipinski definition) is 5. The summed E-state index contributed by atoms with van der Waals surface area (Å²) in [6.07, 6.45) is 0. The summed E-state index contributed by atoms with van der Waals surface area (Å²) in [6.45, 7) is 1.72. The van der Waals surface area contributed by atoms with E-state index >= 15 is 0 Å². The highest BCUT2D eigenvalue weighted by Gasteiger charge is 2.07. The van der Waals surface area contributed by atoms with Crippen LogP contribution in [0.25, 0.3) is 0 Å². The van der Waals surface area contributed by atoms with Crippen LogP contribution in [0.1, 0.15) is 5.56 Å². The lowest BCUT2D eigenvalue weighted by Gasteiger charge is -2.02. The van der Waals surface area contributed by atoms with Crippen LogP contribution in [0.3, 0.4) is 0 Å². The van der Waals surface area contributed by atoms with Crippen molar-refractivity contribution in [3.05, 3.63) is 64.3 Å². The van der Waals surface area contributed by atoms with E-state index in [0.717, 1.165) is 4.90 Å². The fourth-order valence-electron chi connectivity index (χ4n) is 1.74. The third kappa shape index (κ3) is 4.36. The van der Waals surface area contributed by atoms with E-state index in [4.69, 9.17) is 4.74 Å². The predicted octanol–water partition coefficient (Wildman–Crippen LogP) is 3.41. The van der Waals surface area contributed by atoms with Crippen molar-refractivity contribution in [2.75, 3.05) is 12.9 Å². The second-order valence-corrected chi connectivity index (χ2v) is 5.59. The van der Waals surface area contributed by atoms with Crippen molar-refractivity contribution in [1.82, 2.24) is 0 Å². The average molecular weight is 316 g/mol. The molecule has 2 rings (SSSR count). The van der Waals surface area contributed by atoms with E-state index in [1.807, 2.05) is 18.2 Å². The molecule has 0 fully saturated rings. The highest BCUT2D eigenvalue weighted by molar-refractivity contribution is 8.00. The van der Waals surface area contributed by atoms with Crippen molar-refractivity contribution in [2.45, 2.75) is 11.8 Å². The van der Waals surface area contributed by atoms with Crippen LogP contribution in [0.4, 0.5) is 0 Å². The highest BCUT2D eigenvalue weighted by atomic mass is 32.2. The monoisotopic (exact) mass is 316 g/mol. The van der Waals surface area contributed by atoms with Gasteiger partial charge in [0.15, 0.2) is 5.75 Å². The van der Waals surface area contributed by atoms with Crippen molar-refractivity contribution in [1.29, 1.82) is 0 Å². The molecule has 0 heterocycles. The number of ether oxygens (including phenoxy) is 2. The van der Waals surface area contributed by atoms with Gasteiger partial charge in [0, 0.05) is 10.5 Å². The Labute approximate surface area is 133 Å². The maximum Gasteiger partial charge on any atom is 0.315 e. The van der Waals surface area contributed by atoms with Gasteiger partial charge in [-0.25, -0.2) is 0 Å². The number of carbonyl (C=O) groups excluding carboxylic acids is 1. The number of esters is 1. The fraction of sp³-hybridized carbons (Fsp3) is 0.176. The number of benzene rings is 1. The molecular formula is C17H16O4S. The summed E-state index contributed by atoms with van der Waals surface area (Å²) in [7, 11) is 1.35. The Balaban J connectivity index is 2.25. The molecule has 0 aliphatic heterocycles. The molecule has 114 valence electrons. The number of hydrogen-bond donors (Lipinski definition) is 0. The second-order valence-electron chi connectivity index (χ2n) is 4.54. The molecule has 5 heteroatoms. The van der Waals surface area contributed by atoms with E-state index in [0.29, 0.717) is 11.3 Å². The maximum atomic E-state index is 12.3. The van der Waals surface area contributed by atoms with Crippen LogP contribution >= 0.6 is 11.8 Å². The Morgan fingerprint density at radius 2 is 1.86 bits per heavy atom. The van der Waals surface area contributed by atoms with Crippen molar-refractivity contribution >= 4 is 17.7 Å². The fourth-order valence-corrected chi connectivity index (χ4v) is 2.57. The molecule has 4 nitrogen and oxygen atoms in total. The molecule has 0 radical (unpaired) electrons. The molecule has 0 atom stereocenters. The maximum absolute atomic E-state index is 12.3. The van der Waals surface area contributed by atoms with Crippen LogP contribution in [0.2, 0.25) is 0 Å². The standard InChI is InChI=1S/C17H16O4S/c1-12-10-14(22-11-16(18)20-2)8-9-15(17(12)19)21-13-6-4-3-5-7-13/h3-10H,11H2,1-2H3.